The van der Waals surface area contributed by atoms with Crippen LogP contribution in [0.4, 0.5) is 0 Å². The highest BCUT2D eigenvalue weighted by molar-refractivity contribution is 6.30. The molecule has 0 spiro atoms. The molecular weight excluding hydrogens is 434 g/mol. The van der Waals surface area contributed by atoms with Crippen molar-refractivity contribution in [3.8, 4) is 5.75 Å². The molecule has 170 valence electrons. The Labute approximate surface area is 184 Å². The van der Waals surface area contributed by atoms with Crippen LogP contribution in [0.15, 0.2) is 24.3 Å². The predicted molar refractivity (Wildman–Crippen MR) is 106 cm³/mol. The van der Waals surface area contributed by atoms with Gasteiger partial charge < -0.3 is 29.0 Å². The van der Waals surface area contributed by atoms with Crippen LogP contribution in [-0.4, -0.2) is 61.1 Å². The van der Waals surface area contributed by atoms with E-state index < -0.39 is 54.5 Å². The number of hydrogen-bond acceptors (Lipinski definition) is 9. The van der Waals surface area contributed by atoms with Gasteiger partial charge in [0.1, 0.15) is 24.5 Å². The van der Waals surface area contributed by atoms with Gasteiger partial charge in [-0.25, -0.2) is 0 Å². The van der Waals surface area contributed by atoms with E-state index in [0.717, 1.165) is 6.92 Å². The van der Waals surface area contributed by atoms with Crippen LogP contribution in [0.1, 0.15) is 27.7 Å². The molecule has 1 fully saturated rings. The first kappa shape index (κ1) is 24.4. The fraction of sp³-hybridized carbons (Fsp3) is 0.500. The second kappa shape index (κ2) is 11.0. The summed E-state index contributed by atoms with van der Waals surface area (Å²) in [6.07, 6.45) is -4.58. The summed E-state index contributed by atoms with van der Waals surface area (Å²) in [7, 11) is 0. The van der Waals surface area contributed by atoms with Crippen molar-refractivity contribution in [2.24, 2.45) is 0 Å². The highest BCUT2D eigenvalue weighted by atomic mass is 35.5. The Bertz CT molecular complexity index is 813. The van der Waals surface area contributed by atoms with Crippen molar-refractivity contribution >= 4 is 35.4 Å². The van der Waals surface area contributed by atoms with Gasteiger partial charge in [-0.1, -0.05) is 11.6 Å². The first-order valence-electron chi connectivity index (χ1n) is 9.39. The zero-order valence-corrected chi connectivity index (χ0v) is 18.2. The van der Waals surface area contributed by atoms with Crippen molar-refractivity contribution in [2.75, 3.05) is 6.61 Å². The molecule has 0 aromatic heterocycles. The summed E-state index contributed by atoms with van der Waals surface area (Å²) in [5.74, 6) is -2.07. The van der Waals surface area contributed by atoms with E-state index in [1.807, 2.05) is 0 Å². The molecule has 0 bridgehead atoms. The number of benzene rings is 1. The van der Waals surface area contributed by atoms with E-state index in [-0.39, 0.29) is 6.61 Å². The average Bonchev–Trinajstić information content (AvgIpc) is 2.65. The highest BCUT2D eigenvalue weighted by Crippen LogP contribution is 2.29. The van der Waals surface area contributed by atoms with Gasteiger partial charge in [0.05, 0.1) is 0 Å². The van der Waals surface area contributed by atoms with E-state index in [1.54, 1.807) is 24.3 Å². The fourth-order valence-corrected chi connectivity index (χ4v) is 3.16. The Morgan fingerprint density at radius 1 is 0.935 bits per heavy atom. The molecule has 0 radical (unpaired) electrons. The van der Waals surface area contributed by atoms with Gasteiger partial charge in [0.2, 0.25) is 12.2 Å². The molecule has 1 aliphatic heterocycles. The Morgan fingerprint density at radius 3 is 2.03 bits per heavy atom. The summed E-state index contributed by atoms with van der Waals surface area (Å²) in [6.45, 7) is 4.49. The summed E-state index contributed by atoms with van der Waals surface area (Å²) in [5.41, 5.74) is 0. The van der Waals surface area contributed by atoms with E-state index in [1.165, 1.54) is 20.8 Å². The van der Waals surface area contributed by atoms with Crippen LogP contribution in [0.5, 0.6) is 5.75 Å². The number of ether oxygens (including phenoxy) is 5. The maximum Gasteiger partial charge on any atom is 0.303 e. The summed E-state index contributed by atoms with van der Waals surface area (Å²) >= 11 is 5.90. The fourth-order valence-electron chi connectivity index (χ4n) is 3.04. The van der Waals surface area contributed by atoms with Crippen molar-refractivity contribution < 1.29 is 42.9 Å². The normalized spacial score (nSPS) is 25.1. The zero-order valence-electron chi connectivity index (χ0n) is 17.5. The summed E-state index contributed by atoms with van der Waals surface area (Å²) in [5, 5.41) is 3.10. The lowest BCUT2D eigenvalue weighted by molar-refractivity contribution is -0.257. The molecule has 1 amide bonds. The summed E-state index contributed by atoms with van der Waals surface area (Å²) in [4.78, 5) is 46.7. The van der Waals surface area contributed by atoms with Gasteiger partial charge in [0.15, 0.2) is 12.2 Å². The minimum Gasteiger partial charge on any atom is -0.463 e. The second-order valence-electron chi connectivity index (χ2n) is 6.79. The van der Waals surface area contributed by atoms with E-state index in [2.05, 4.69) is 5.32 Å². The molecule has 11 heteroatoms. The third-order valence-corrected chi connectivity index (χ3v) is 4.39. The summed E-state index contributed by atoms with van der Waals surface area (Å²) < 4.78 is 27.5. The molecule has 1 aromatic carbocycles. The molecule has 5 atom stereocenters. The molecular formula is C20H24ClNO9. The molecule has 1 heterocycles. The number of hydrogen-bond donors (Lipinski definition) is 1. The molecule has 0 saturated carbocycles. The lowest BCUT2D eigenvalue weighted by Crippen LogP contribution is -2.67. The number of nitrogens with one attached hydrogen (secondary N) is 1. The maximum absolute atomic E-state index is 11.9. The lowest BCUT2D eigenvalue weighted by Gasteiger charge is -2.44. The van der Waals surface area contributed by atoms with Crippen molar-refractivity contribution in [3.05, 3.63) is 29.3 Å². The number of halogens is 1. The topological polar surface area (TPSA) is 126 Å². The largest absolute Gasteiger partial charge is 0.463 e. The highest BCUT2D eigenvalue weighted by Gasteiger charge is 2.51. The standard InChI is InChI=1S/C20H24ClNO9/c1-10(23)22-17-19(29-13(4)26)18(28-12(3)25)16(9-27-11(2)24)31-20(17)30-15-7-5-14(21)6-8-15/h5-8,16-20H,9H2,1-4H3,(H,22,23)/t16-,17+,18-,19-,20-/m1/s1. The molecule has 0 unspecified atom stereocenters. The van der Waals surface area contributed by atoms with Crippen LogP contribution in [0, 0.1) is 0 Å². The zero-order chi connectivity index (χ0) is 23.1. The third-order valence-electron chi connectivity index (χ3n) is 4.14. The van der Waals surface area contributed by atoms with E-state index >= 15 is 0 Å². The first-order chi connectivity index (χ1) is 14.6. The minimum atomic E-state index is -1.18. The minimum absolute atomic E-state index is 0.307. The maximum atomic E-state index is 11.9. The SMILES string of the molecule is CC(=O)N[C@@H]1[C@H](Oc2ccc(Cl)cc2)O[C@H](COC(C)=O)[C@@H](OC(C)=O)[C@@H]1OC(C)=O. The van der Waals surface area contributed by atoms with Crippen molar-refractivity contribution in [1.82, 2.24) is 5.32 Å². The molecule has 1 N–H and O–H groups in total. The molecule has 1 aromatic rings. The van der Waals surface area contributed by atoms with Crippen LogP contribution in [0.2, 0.25) is 5.02 Å². The van der Waals surface area contributed by atoms with Crippen LogP contribution < -0.4 is 10.1 Å². The number of rotatable bonds is 7. The van der Waals surface area contributed by atoms with Gasteiger partial charge in [-0.05, 0) is 24.3 Å². The third kappa shape index (κ3) is 7.41. The van der Waals surface area contributed by atoms with E-state index in [4.69, 9.17) is 35.3 Å². The van der Waals surface area contributed by atoms with Crippen molar-refractivity contribution in [1.29, 1.82) is 0 Å². The Kier molecular flexibility index (Phi) is 8.64. The predicted octanol–water partition coefficient (Wildman–Crippen LogP) is 1.37. The van der Waals surface area contributed by atoms with Gasteiger partial charge in [0.25, 0.3) is 0 Å². The molecule has 1 saturated heterocycles. The van der Waals surface area contributed by atoms with Crippen molar-refractivity contribution in [2.45, 2.75) is 58.3 Å². The number of amides is 1. The second-order valence-corrected chi connectivity index (χ2v) is 7.23. The quantitative estimate of drug-likeness (QED) is 0.477. The smallest absolute Gasteiger partial charge is 0.303 e. The molecule has 1 aliphatic rings. The van der Waals surface area contributed by atoms with E-state index in [0.29, 0.717) is 10.8 Å². The van der Waals surface area contributed by atoms with Gasteiger partial charge in [-0.3, -0.25) is 19.2 Å². The average molecular weight is 458 g/mol. The monoisotopic (exact) mass is 457 g/mol. The Morgan fingerprint density at radius 2 is 1.52 bits per heavy atom. The van der Waals surface area contributed by atoms with Crippen LogP contribution in [-0.2, 0) is 38.1 Å². The van der Waals surface area contributed by atoms with Crippen LogP contribution >= 0.6 is 11.6 Å². The first-order valence-corrected chi connectivity index (χ1v) is 9.77. The number of esters is 3. The Hall–Kier alpha value is -2.85. The van der Waals surface area contributed by atoms with E-state index in [9.17, 15) is 19.2 Å². The summed E-state index contributed by atoms with van der Waals surface area (Å²) in [6, 6.07) is 5.30. The van der Waals surface area contributed by atoms with Crippen LogP contribution in [0.25, 0.3) is 0 Å². The van der Waals surface area contributed by atoms with Gasteiger partial charge in [0, 0.05) is 32.7 Å². The van der Waals surface area contributed by atoms with Crippen LogP contribution in [0.3, 0.4) is 0 Å². The Balaban J connectivity index is 2.43. The molecule has 10 nitrogen and oxygen atoms in total. The number of carbonyl (C=O) groups excluding carboxylic acids is 4. The molecule has 2 rings (SSSR count). The van der Waals surface area contributed by atoms with Gasteiger partial charge in [-0.2, -0.15) is 0 Å². The number of carbonyl (C=O) groups is 4. The molecule has 0 aliphatic carbocycles. The van der Waals surface area contributed by atoms with Crippen molar-refractivity contribution in [3.63, 3.8) is 0 Å². The van der Waals surface area contributed by atoms with Gasteiger partial charge in [-0.15, -0.1) is 0 Å². The van der Waals surface area contributed by atoms with Gasteiger partial charge >= 0.3 is 17.9 Å². The lowest BCUT2D eigenvalue weighted by atomic mass is 9.96. The molecule has 31 heavy (non-hydrogen) atoms.